The number of thiazole rings is 1. The molecule has 1 saturated heterocycles. The molecule has 27 heavy (non-hydrogen) atoms. The number of fused-ring (bicyclic) bond motifs is 1. The van der Waals surface area contributed by atoms with Gasteiger partial charge in [-0.15, -0.1) is 11.3 Å². The van der Waals surface area contributed by atoms with Gasteiger partial charge in [-0.1, -0.05) is 6.07 Å². The lowest BCUT2D eigenvalue weighted by Gasteiger charge is -2.30. The Bertz CT molecular complexity index is 1030. The molecule has 1 fully saturated rings. The quantitative estimate of drug-likeness (QED) is 0.544. The molecule has 0 unspecified atom stereocenters. The molecular formula is C20H20N6S. The Hall–Kier alpha value is -2.64. The zero-order valence-electron chi connectivity index (χ0n) is 14.9. The van der Waals surface area contributed by atoms with Crippen LogP contribution in [0.3, 0.4) is 0 Å². The minimum atomic E-state index is 0.375. The van der Waals surface area contributed by atoms with Crippen molar-refractivity contribution < 1.29 is 0 Å². The van der Waals surface area contributed by atoms with E-state index in [4.69, 9.17) is 10.1 Å². The van der Waals surface area contributed by atoms with Crippen LogP contribution in [0.15, 0.2) is 54.4 Å². The Morgan fingerprint density at radius 1 is 1.15 bits per heavy atom. The van der Waals surface area contributed by atoms with E-state index in [1.165, 1.54) is 11.4 Å². The molecule has 4 aromatic rings. The van der Waals surface area contributed by atoms with Gasteiger partial charge in [-0.2, -0.15) is 5.10 Å². The first-order valence-electron chi connectivity index (χ1n) is 9.22. The first-order valence-corrected chi connectivity index (χ1v) is 10.1. The van der Waals surface area contributed by atoms with E-state index < -0.39 is 0 Å². The molecule has 0 saturated carbocycles. The van der Waals surface area contributed by atoms with E-state index in [1.54, 1.807) is 17.5 Å². The van der Waals surface area contributed by atoms with Gasteiger partial charge in [0.2, 0.25) is 0 Å². The number of hydrogen-bond donors (Lipinski definition) is 0. The van der Waals surface area contributed by atoms with Crippen molar-refractivity contribution in [2.24, 2.45) is 0 Å². The SMILES string of the molecule is c1cncc(-c2ccc3nc([C@H]4CCCN(Cc5nccs5)C4)nn3c2)c1. The largest absolute Gasteiger partial charge is 0.296 e. The van der Waals surface area contributed by atoms with Gasteiger partial charge >= 0.3 is 0 Å². The van der Waals surface area contributed by atoms with Crippen LogP contribution in [0.4, 0.5) is 0 Å². The van der Waals surface area contributed by atoms with E-state index in [0.29, 0.717) is 5.92 Å². The van der Waals surface area contributed by atoms with Gasteiger partial charge in [0.1, 0.15) is 5.01 Å². The minimum absolute atomic E-state index is 0.375. The van der Waals surface area contributed by atoms with Crippen molar-refractivity contribution in [3.05, 3.63) is 65.3 Å². The summed E-state index contributed by atoms with van der Waals surface area (Å²) in [6, 6.07) is 8.13. The highest BCUT2D eigenvalue weighted by Gasteiger charge is 2.25. The lowest BCUT2D eigenvalue weighted by atomic mass is 9.97. The van der Waals surface area contributed by atoms with Crippen LogP contribution in [0, 0.1) is 0 Å². The van der Waals surface area contributed by atoms with E-state index in [0.717, 1.165) is 48.7 Å². The van der Waals surface area contributed by atoms with Crippen molar-refractivity contribution in [1.29, 1.82) is 0 Å². The second-order valence-corrected chi connectivity index (χ2v) is 7.91. The van der Waals surface area contributed by atoms with Crippen LogP contribution in [0.5, 0.6) is 0 Å². The first-order chi connectivity index (χ1) is 13.3. The van der Waals surface area contributed by atoms with Gasteiger partial charge in [-0.25, -0.2) is 14.5 Å². The fourth-order valence-corrected chi connectivity index (χ4v) is 4.37. The van der Waals surface area contributed by atoms with Gasteiger partial charge in [0.15, 0.2) is 11.5 Å². The Morgan fingerprint density at radius 2 is 2.15 bits per heavy atom. The van der Waals surface area contributed by atoms with Crippen LogP contribution in [0.25, 0.3) is 16.8 Å². The Balaban J connectivity index is 1.38. The van der Waals surface area contributed by atoms with E-state index >= 15 is 0 Å². The highest BCUT2D eigenvalue weighted by atomic mass is 32.1. The maximum atomic E-state index is 4.80. The summed E-state index contributed by atoms with van der Waals surface area (Å²) in [5.41, 5.74) is 3.08. The average molecular weight is 376 g/mol. The van der Waals surface area contributed by atoms with Crippen molar-refractivity contribution in [1.82, 2.24) is 29.5 Å². The fraction of sp³-hybridized carbons (Fsp3) is 0.300. The molecule has 0 spiro atoms. The van der Waals surface area contributed by atoms with Crippen molar-refractivity contribution in [3.63, 3.8) is 0 Å². The normalized spacial score (nSPS) is 18.1. The molecular weight excluding hydrogens is 356 g/mol. The summed E-state index contributed by atoms with van der Waals surface area (Å²) in [6.45, 7) is 3.03. The molecule has 7 heteroatoms. The Morgan fingerprint density at radius 3 is 3.00 bits per heavy atom. The predicted octanol–water partition coefficient (Wildman–Crippen LogP) is 3.63. The molecule has 1 aliphatic rings. The van der Waals surface area contributed by atoms with E-state index in [1.807, 2.05) is 40.6 Å². The number of nitrogens with zero attached hydrogens (tertiary/aromatic N) is 6. The van der Waals surface area contributed by atoms with Gasteiger partial charge in [-0.05, 0) is 37.6 Å². The van der Waals surface area contributed by atoms with Crippen molar-refractivity contribution in [2.75, 3.05) is 13.1 Å². The zero-order valence-corrected chi connectivity index (χ0v) is 15.7. The molecule has 6 nitrogen and oxygen atoms in total. The first kappa shape index (κ1) is 16.5. The summed E-state index contributed by atoms with van der Waals surface area (Å²) in [5, 5.41) is 8.02. The summed E-state index contributed by atoms with van der Waals surface area (Å²) in [6.07, 6.45) is 9.89. The number of rotatable bonds is 4. The molecule has 1 atom stereocenters. The second-order valence-electron chi connectivity index (χ2n) is 6.93. The molecule has 0 aliphatic carbocycles. The molecule has 5 heterocycles. The highest BCUT2D eigenvalue weighted by molar-refractivity contribution is 7.09. The van der Waals surface area contributed by atoms with Gasteiger partial charge in [0.25, 0.3) is 0 Å². The van der Waals surface area contributed by atoms with Crippen LogP contribution < -0.4 is 0 Å². The third-order valence-electron chi connectivity index (χ3n) is 5.06. The summed E-state index contributed by atoms with van der Waals surface area (Å²) in [5.74, 6) is 1.32. The fourth-order valence-electron chi connectivity index (χ4n) is 3.71. The van der Waals surface area contributed by atoms with Crippen molar-refractivity contribution in [3.8, 4) is 11.1 Å². The summed E-state index contributed by atoms with van der Waals surface area (Å²) < 4.78 is 1.90. The topological polar surface area (TPSA) is 59.2 Å². The van der Waals surface area contributed by atoms with Crippen LogP contribution in [-0.4, -0.2) is 42.6 Å². The lowest BCUT2D eigenvalue weighted by molar-refractivity contribution is 0.196. The summed E-state index contributed by atoms with van der Waals surface area (Å²) in [4.78, 5) is 15.9. The molecule has 0 aromatic carbocycles. The minimum Gasteiger partial charge on any atom is -0.296 e. The molecule has 1 aliphatic heterocycles. The Labute approximate surface area is 161 Å². The van der Waals surface area contributed by atoms with Crippen LogP contribution in [0.1, 0.15) is 29.6 Å². The molecule has 4 aromatic heterocycles. The monoisotopic (exact) mass is 376 g/mol. The van der Waals surface area contributed by atoms with Crippen LogP contribution in [-0.2, 0) is 6.54 Å². The molecule has 0 N–H and O–H groups in total. The van der Waals surface area contributed by atoms with E-state index in [2.05, 4.69) is 27.0 Å². The van der Waals surface area contributed by atoms with Gasteiger partial charge in [0.05, 0.1) is 6.54 Å². The maximum Gasteiger partial charge on any atom is 0.156 e. The van der Waals surface area contributed by atoms with Crippen LogP contribution >= 0.6 is 11.3 Å². The number of pyridine rings is 2. The highest BCUT2D eigenvalue weighted by Crippen LogP contribution is 2.27. The number of piperidine rings is 1. The standard InChI is InChI=1S/C20H20N6S/c1-3-15(11-21-7-1)16-5-6-18-23-20(24-26(18)13-16)17-4-2-9-25(12-17)14-19-22-8-10-27-19/h1,3,5-8,10-11,13,17H,2,4,9,12,14H2/t17-/m0/s1. The summed E-state index contributed by atoms with van der Waals surface area (Å²) in [7, 11) is 0. The zero-order chi connectivity index (χ0) is 18.1. The number of aromatic nitrogens is 5. The molecule has 5 rings (SSSR count). The average Bonchev–Trinajstić information content (AvgIpc) is 3.38. The maximum absolute atomic E-state index is 4.80. The molecule has 0 amide bonds. The lowest BCUT2D eigenvalue weighted by Crippen LogP contribution is -2.34. The number of likely N-dealkylation sites (tertiary alicyclic amines) is 1. The summed E-state index contributed by atoms with van der Waals surface area (Å²) >= 11 is 1.72. The van der Waals surface area contributed by atoms with Crippen LogP contribution in [0.2, 0.25) is 0 Å². The third-order valence-corrected chi connectivity index (χ3v) is 5.82. The van der Waals surface area contributed by atoms with E-state index in [-0.39, 0.29) is 0 Å². The second kappa shape index (κ2) is 7.17. The van der Waals surface area contributed by atoms with Crippen molar-refractivity contribution in [2.45, 2.75) is 25.3 Å². The molecule has 136 valence electrons. The number of hydrogen-bond acceptors (Lipinski definition) is 6. The van der Waals surface area contributed by atoms with Gasteiger partial charge in [0, 0.05) is 53.8 Å². The smallest absolute Gasteiger partial charge is 0.156 e. The molecule has 0 radical (unpaired) electrons. The Kier molecular flexibility index (Phi) is 4.39. The van der Waals surface area contributed by atoms with Gasteiger partial charge < -0.3 is 0 Å². The molecule has 0 bridgehead atoms. The predicted molar refractivity (Wildman–Crippen MR) is 106 cm³/mol. The third kappa shape index (κ3) is 3.48. The van der Waals surface area contributed by atoms with Gasteiger partial charge in [-0.3, -0.25) is 9.88 Å². The van der Waals surface area contributed by atoms with Crippen molar-refractivity contribution >= 4 is 17.0 Å². The van der Waals surface area contributed by atoms with E-state index in [9.17, 15) is 0 Å².